The summed E-state index contributed by atoms with van der Waals surface area (Å²) >= 11 is 12.1. The van der Waals surface area contributed by atoms with Gasteiger partial charge in [-0.05, 0) is 49.1 Å². The number of halogens is 2. The monoisotopic (exact) mass is 350 g/mol. The summed E-state index contributed by atoms with van der Waals surface area (Å²) in [6, 6.07) is 6.16. The van der Waals surface area contributed by atoms with Gasteiger partial charge in [-0.15, -0.1) is 0 Å². The molecule has 23 heavy (non-hydrogen) atoms. The van der Waals surface area contributed by atoms with Crippen LogP contribution in [0.5, 0.6) is 0 Å². The number of nitrogens with zero attached hydrogens (tertiary/aromatic N) is 3. The van der Waals surface area contributed by atoms with Crippen molar-refractivity contribution in [3.63, 3.8) is 0 Å². The third-order valence-electron chi connectivity index (χ3n) is 4.03. The fourth-order valence-electron chi connectivity index (χ4n) is 2.85. The van der Waals surface area contributed by atoms with Crippen LogP contribution in [0.25, 0.3) is 0 Å². The van der Waals surface area contributed by atoms with E-state index < -0.39 is 0 Å². The molecule has 6 heteroatoms. The molecule has 2 aromatic rings. The molecule has 0 radical (unpaired) electrons. The molecule has 1 saturated heterocycles. The van der Waals surface area contributed by atoms with Crippen LogP contribution < -0.4 is 5.32 Å². The van der Waals surface area contributed by atoms with E-state index in [4.69, 9.17) is 23.2 Å². The predicted octanol–water partition coefficient (Wildman–Crippen LogP) is 4.17. The number of aromatic nitrogens is 2. The Bertz CT molecular complexity index is 632. The van der Waals surface area contributed by atoms with Gasteiger partial charge in [-0.3, -0.25) is 4.90 Å². The number of hydrogen-bond donors (Lipinski definition) is 1. The van der Waals surface area contributed by atoms with Crippen LogP contribution in [0.1, 0.15) is 24.0 Å². The molecule has 122 valence electrons. The Kier molecular flexibility index (Phi) is 5.36. The SMILES string of the molecule is Cc1cnc(NC2CCN(Cc3cc(Cl)cc(Cl)c3)CC2)nc1. The van der Waals surface area contributed by atoms with Crippen LogP contribution >= 0.6 is 23.2 Å². The number of likely N-dealkylation sites (tertiary alicyclic amines) is 1. The number of nitrogens with one attached hydrogen (secondary N) is 1. The van der Waals surface area contributed by atoms with E-state index in [1.807, 2.05) is 31.5 Å². The van der Waals surface area contributed by atoms with Gasteiger partial charge in [-0.25, -0.2) is 9.97 Å². The van der Waals surface area contributed by atoms with Gasteiger partial charge in [0.15, 0.2) is 0 Å². The third kappa shape index (κ3) is 4.80. The minimum absolute atomic E-state index is 0.428. The van der Waals surface area contributed by atoms with Gasteiger partial charge < -0.3 is 5.32 Å². The second-order valence-electron chi connectivity index (χ2n) is 6.06. The lowest BCUT2D eigenvalue weighted by Gasteiger charge is -2.32. The molecule has 2 heterocycles. The van der Waals surface area contributed by atoms with E-state index in [9.17, 15) is 0 Å². The molecule has 0 atom stereocenters. The normalized spacial score (nSPS) is 16.5. The van der Waals surface area contributed by atoms with Crippen LogP contribution in [0.2, 0.25) is 10.0 Å². The van der Waals surface area contributed by atoms with Gasteiger partial charge in [0.25, 0.3) is 0 Å². The average molecular weight is 351 g/mol. The van der Waals surface area contributed by atoms with E-state index in [2.05, 4.69) is 20.2 Å². The van der Waals surface area contributed by atoms with Crippen molar-refractivity contribution in [1.82, 2.24) is 14.9 Å². The van der Waals surface area contributed by atoms with Crippen LogP contribution in [0.15, 0.2) is 30.6 Å². The van der Waals surface area contributed by atoms with Gasteiger partial charge in [0, 0.05) is 48.1 Å². The molecule has 1 fully saturated rings. The lowest BCUT2D eigenvalue weighted by Crippen LogP contribution is -2.38. The Morgan fingerprint density at radius 3 is 2.30 bits per heavy atom. The summed E-state index contributed by atoms with van der Waals surface area (Å²) in [5.41, 5.74) is 2.24. The first kappa shape index (κ1) is 16.5. The summed E-state index contributed by atoms with van der Waals surface area (Å²) in [7, 11) is 0. The molecule has 0 saturated carbocycles. The zero-order chi connectivity index (χ0) is 16.2. The molecule has 0 spiro atoms. The van der Waals surface area contributed by atoms with Crippen molar-refractivity contribution in [3.8, 4) is 0 Å². The van der Waals surface area contributed by atoms with Crippen LogP contribution in [-0.2, 0) is 6.54 Å². The highest BCUT2D eigenvalue weighted by molar-refractivity contribution is 6.34. The van der Waals surface area contributed by atoms with Crippen molar-refractivity contribution in [3.05, 3.63) is 51.8 Å². The summed E-state index contributed by atoms with van der Waals surface area (Å²) in [5, 5.41) is 4.81. The smallest absolute Gasteiger partial charge is 0.222 e. The molecule has 1 aliphatic heterocycles. The summed E-state index contributed by atoms with van der Waals surface area (Å²) < 4.78 is 0. The van der Waals surface area contributed by atoms with Gasteiger partial charge >= 0.3 is 0 Å². The molecular formula is C17H20Cl2N4. The number of anilines is 1. The molecule has 1 aromatic heterocycles. The van der Waals surface area contributed by atoms with Crippen LogP contribution in [0, 0.1) is 6.92 Å². The fraction of sp³-hybridized carbons (Fsp3) is 0.412. The van der Waals surface area contributed by atoms with E-state index >= 15 is 0 Å². The van der Waals surface area contributed by atoms with Gasteiger partial charge in [0.1, 0.15) is 0 Å². The zero-order valence-corrected chi connectivity index (χ0v) is 14.6. The lowest BCUT2D eigenvalue weighted by molar-refractivity contribution is 0.211. The van der Waals surface area contributed by atoms with Gasteiger partial charge in [0.2, 0.25) is 5.95 Å². The van der Waals surface area contributed by atoms with Crippen molar-refractivity contribution < 1.29 is 0 Å². The Morgan fingerprint density at radius 2 is 1.70 bits per heavy atom. The zero-order valence-electron chi connectivity index (χ0n) is 13.1. The standard InChI is InChI=1S/C17H20Cl2N4/c1-12-9-20-17(21-10-12)22-16-2-4-23(5-3-16)11-13-6-14(18)8-15(19)7-13/h6-10,16H,2-5,11H2,1H3,(H,20,21,22). The molecule has 0 unspecified atom stereocenters. The second kappa shape index (κ2) is 7.47. The molecule has 3 rings (SSSR count). The van der Waals surface area contributed by atoms with Crippen molar-refractivity contribution in [2.45, 2.75) is 32.4 Å². The van der Waals surface area contributed by atoms with E-state index in [1.165, 1.54) is 0 Å². The van der Waals surface area contributed by atoms with E-state index in [-0.39, 0.29) is 0 Å². The Hall–Kier alpha value is -1.36. The summed E-state index contributed by atoms with van der Waals surface area (Å²) in [6.45, 7) is 4.94. The largest absolute Gasteiger partial charge is 0.351 e. The third-order valence-corrected chi connectivity index (χ3v) is 4.47. The molecule has 4 nitrogen and oxygen atoms in total. The van der Waals surface area contributed by atoms with Crippen LogP contribution in [0.4, 0.5) is 5.95 Å². The van der Waals surface area contributed by atoms with Crippen molar-refractivity contribution in [2.75, 3.05) is 18.4 Å². The topological polar surface area (TPSA) is 41.1 Å². The molecule has 1 N–H and O–H groups in total. The Morgan fingerprint density at radius 1 is 1.09 bits per heavy atom. The molecule has 1 aliphatic rings. The average Bonchev–Trinajstić information content (AvgIpc) is 2.50. The van der Waals surface area contributed by atoms with Gasteiger partial charge in [-0.1, -0.05) is 23.2 Å². The Balaban J connectivity index is 1.51. The molecule has 0 aliphatic carbocycles. The first-order valence-electron chi connectivity index (χ1n) is 7.81. The summed E-state index contributed by atoms with van der Waals surface area (Å²) in [5.74, 6) is 0.718. The number of hydrogen-bond acceptors (Lipinski definition) is 4. The highest BCUT2D eigenvalue weighted by Crippen LogP contribution is 2.22. The molecule has 1 aromatic carbocycles. The summed E-state index contributed by atoms with van der Waals surface area (Å²) in [4.78, 5) is 11.1. The summed E-state index contributed by atoms with van der Waals surface area (Å²) in [6.07, 6.45) is 5.83. The number of rotatable bonds is 4. The maximum atomic E-state index is 6.07. The minimum atomic E-state index is 0.428. The maximum Gasteiger partial charge on any atom is 0.222 e. The first-order chi connectivity index (χ1) is 11.1. The first-order valence-corrected chi connectivity index (χ1v) is 8.56. The predicted molar refractivity (Wildman–Crippen MR) is 95.2 cm³/mol. The molecular weight excluding hydrogens is 331 g/mol. The lowest BCUT2D eigenvalue weighted by atomic mass is 10.0. The van der Waals surface area contributed by atoms with Crippen molar-refractivity contribution in [2.24, 2.45) is 0 Å². The van der Waals surface area contributed by atoms with E-state index in [0.717, 1.165) is 49.6 Å². The second-order valence-corrected chi connectivity index (χ2v) is 6.93. The number of benzene rings is 1. The molecule has 0 bridgehead atoms. The highest BCUT2D eigenvalue weighted by atomic mass is 35.5. The van der Waals surface area contributed by atoms with E-state index in [0.29, 0.717) is 16.1 Å². The minimum Gasteiger partial charge on any atom is -0.351 e. The van der Waals surface area contributed by atoms with Crippen molar-refractivity contribution in [1.29, 1.82) is 0 Å². The van der Waals surface area contributed by atoms with Crippen molar-refractivity contribution >= 4 is 29.2 Å². The molecule has 0 amide bonds. The number of piperidine rings is 1. The van der Waals surface area contributed by atoms with E-state index in [1.54, 1.807) is 6.07 Å². The highest BCUT2D eigenvalue weighted by Gasteiger charge is 2.20. The fourth-order valence-corrected chi connectivity index (χ4v) is 3.42. The quantitative estimate of drug-likeness (QED) is 0.898. The van der Waals surface area contributed by atoms with Gasteiger partial charge in [-0.2, -0.15) is 0 Å². The van der Waals surface area contributed by atoms with Gasteiger partial charge in [0.05, 0.1) is 0 Å². The number of aryl methyl sites for hydroxylation is 1. The maximum absolute atomic E-state index is 6.07. The van der Waals surface area contributed by atoms with Crippen LogP contribution in [-0.4, -0.2) is 34.0 Å². The van der Waals surface area contributed by atoms with Crippen LogP contribution in [0.3, 0.4) is 0 Å². The Labute approximate surface area is 146 Å².